The van der Waals surface area contributed by atoms with E-state index in [4.69, 9.17) is 5.73 Å². The summed E-state index contributed by atoms with van der Waals surface area (Å²) in [6.45, 7) is 3.95. The van der Waals surface area contributed by atoms with Crippen molar-refractivity contribution in [1.29, 1.82) is 0 Å². The maximum atomic E-state index is 13.5. The highest BCUT2D eigenvalue weighted by Gasteiger charge is 2.27. The van der Waals surface area contributed by atoms with Gasteiger partial charge in [0.15, 0.2) is 0 Å². The molecular weight excluding hydrogens is 231 g/mol. The minimum absolute atomic E-state index is 0.0631. The largest absolute Gasteiger partial charge is 0.398 e. The molecule has 0 saturated carbocycles. The van der Waals surface area contributed by atoms with Crippen LogP contribution in [-0.2, 0) is 10.0 Å². The summed E-state index contributed by atoms with van der Waals surface area (Å²) in [5.41, 5.74) is 5.45. The highest BCUT2D eigenvalue weighted by atomic mass is 32.2. The molecule has 0 aliphatic rings. The number of nitrogens with zero attached hydrogens (tertiary/aromatic N) is 1. The van der Waals surface area contributed by atoms with E-state index in [9.17, 15) is 12.8 Å². The number of nitrogen functional groups attached to an aromatic ring is 1. The predicted molar refractivity (Wildman–Crippen MR) is 60.9 cm³/mol. The van der Waals surface area contributed by atoms with Crippen molar-refractivity contribution in [1.82, 2.24) is 4.31 Å². The van der Waals surface area contributed by atoms with Gasteiger partial charge in [0.25, 0.3) is 0 Å². The lowest BCUT2D eigenvalue weighted by Crippen LogP contribution is -2.31. The van der Waals surface area contributed by atoms with Gasteiger partial charge < -0.3 is 5.73 Å². The summed E-state index contributed by atoms with van der Waals surface area (Å²) in [5, 5.41) is 0. The van der Waals surface area contributed by atoms with E-state index in [1.807, 2.05) is 0 Å². The summed E-state index contributed by atoms with van der Waals surface area (Å²) in [4.78, 5) is -0.432. The number of halogens is 1. The first-order valence-electron chi connectivity index (χ1n) is 4.99. The molecule has 0 bridgehead atoms. The summed E-state index contributed by atoms with van der Waals surface area (Å²) in [7, 11) is -3.83. The van der Waals surface area contributed by atoms with Crippen LogP contribution in [0.2, 0.25) is 0 Å². The molecule has 1 aromatic rings. The zero-order chi connectivity index (χ0) is 12.3. The monoisotopic (exact) mass is 246 g/mol. The van der Waals surface area contributed by atoms with E-state index in [1.165, 1.54) is 16.4 Å². The summed E-state index contributed by atoms with van der Waals surface area (Å²) in [5.74, 6) is -0.813. The zero-order valence-corrected chi connectivity index (χ0v) is 10.1. The van der Waals surface area contributed by atoms with Crippen LogP contribution in [0.4, 0.5) is 10.1 Å². The molecule has 0 spiro atoms. The predicted octanol–water partition coefficient (Wildman–Crippen LogP) is 1.44. The SMILES string of the molecule is CCN(CC)S(=O)(=O)c1c(N)cccc1F. The summed E-state index contributed by atoms with van der Waals surface area (Å²) in [6.07, 6.45) is 0. The Morgan fingerprint density at radius 2 is 1.88 bits per heavy atom. The smallest absolute Gasteiger partial charge is 0.248 e. The Hall–Kier alpha value is -1.14. The molecule has 0 amide bonds. The average molecular weight is 246 g/mol. The molecule has 0 unspecified atom stereocenters. The molecule has 6 heteroatoms. The maximum absolute atomic E-state index is 13.5. The molecular formula is C10H15FN2O2S. The number of sulfonamides is 1. The highest BCUT2D eigenvalue weighted by molar-refractivity contribution is 7.89. The molecule has 0 aromatic heterocycles. The second-order valence-corrected chi connectivity index (χ2v) is 5.12. The minimum Gasteiger partial charge on any atom is -0.398 e. The second kappa shape index (κ2) is 4.80. The molecule has 0 aliphatic carbocycles. The fourth-order valence-electron chi connectivity index (χ4n) is 1.49. The molecule has 0 aliphatic heterocycles. The molecule has 0 heterocycles. The van der Waals surface area contributed by atoms with Crippen molar-refractivity contribution in [2.24, 2.45) is 0 Å². The highest BCUT2D eigenvalue weighted by Crippen LogP contribution is 2.24. The minimum atomic E-state index is -3.83. The first-order valence-corrected chi connectivity index (χ1v) is 6.43. The molecule has 1 rings (SSSR count). The molecule has 16 heavy (non-hydrogen) atoms. The van der Waals surface area contributed by atoms with Crippen molar-refractivity contribution in [3.63, 3.8) is 0 Å². The number of anilines is 1. The second-order valence-electron chi connectivity index (χ2n) is 3.25. The van der Waals surface area contributed by atoms with Gasteiger partial charge >= 0.3 is 0 Å². The Kier molecular flexibility index (Phi) is 3.88. The number of nitrogens with two attached hydrogens (primary N) is 1. The molecule has 1 aromatic carbocycles. The van der Waals surface area contributed by atoms with Crippen LogP contribution >= 0.6 is 0 Å². The Morgan fingerprint density at radius 3 is 2.31 bits per heavy atom. The van der Waals surface area contributed by atoms with Gasteiger partial charge in [-0.1, -0.05) is 19.9 Å². The quantitative estimate of drug-likeness (QED) is 0.818. The van der Waals surface area contributed by atoms with Gasteiger partial charge in [0.1, 0.15) is 10.7 Å². The maximum Gasteiger partial charge on any atom is 0.248 e. The van der Waals surface area contributed by atoms with Crippen LogP contribution in [0, 0.1) is 5.82 Å². The zero-order valence-electron chi connectivity index (χ0n) is 9.27. The van der Waals surface area contributed by atoms with Gasteiger partial charge in [0.2, 0.25) is 10.0 Å². The van der Waals surface area contributed by atoms with Crippen LogP contribution in [0.1, 0.15) is 13.8 Å². The number of benzene rings is 1. The normalized spacial score (nSPS) is 12.0. The van der Waals surface area contributed by atoms with Gasteiger partial charge in [-0.2, -0.15) is 4.31 Å². The van der Waals surface area contributed by atoms with Crippen LogP contribution in [-0.4, -0.2) is 25.8 Å². The van der Waals surface area contributed by atoms with Gasteiger partial charge in [0.05, 0.1) is 5.69 Å². The van der Waals surface area contributed by atoms with Gasteiger partial charge in [-0.15, -0.1) is 0 Å². The molecule has 2 N–H and O–H groups in total. The molecule has 0 atom stereocenters. The Bertz CT molecular complexity index is 449. The van der Waals surface area contributed by atoms with Gasteiger partial charge in [-0.25, -0.2) is 12.8 Å². The Morgan fingerprint density at radius 1 is 1.31 bits per heavy atom. The standard InChI is InChI=1S/C10H15FN2O2S/c1-3-13(4-2)16(14,15)10-8(11)6-5-7-9(10)12/h5-7H,3-4,12H2,1-2H3. The fraction of sp³-hybridized carbons (Fsp3) is 0.400. The first-order chi connectivity index (χ1) is 7.45. The van der Waals surface area contributed by atoms with E-state index in [2.05, 4.69) is 0 Å². The lowest BCUT2D eigenvalue weighted by Gasteiger charge is -2.19. The van der Waals surface area contributed by atoms with Crippen LogP contribution in [0.15, 0.2) is 23.1 Å². The van der Waals surface area contributed by atoms with Gasteiger partial charge in [0, 0.05) is 13.1 Å². The number of hydrogen-bond acceptors (Lipinski definition) is 3. The Balaban J connectivity index is 3.38. The molecule has 0 saturated heterocycles. The summed E-state index contributed by atoms with van der Waals surface area (Å²) < 4.78 is 38.7. The number of hydrogen-bond donors (Lipinski definition) is 1. The van der Waals surface area contributed by atoms with Crippen molar-refractivity contribution in [3.8, 4) is 0 Å². The average Bonchev–Trinajstić information content (AvgIpc) is 2.18. The topological polar surface area (TPSA) is 63.4 Å². The lowest BCUT2D eigenvalue weighted by atomic mass is 10.3. The molecule has 0 radical (unpaired) electrons. The van der Waals surface area contributed by atoms with Crippen LogP contribution in [0.5, 0.6) is 0 Å². The van der Waals surface area contributed by atoms with Crippen molar-refractivity contribution >= 4 is 15.7 Å². The third-order valence-electron chi connectivity index (χ3n) is 2.30. The first kappa shape index (κ1) is 12.9. The molecule has 90 valence electrons. The third kappa shape index (κ3) is 2.17. The van der Waals surface area contributed by atoms with Crippen molar-refractivity contribution in [2.75, 3.05) is 18.8 Å². The third-order valence-corrected chi connectivity index (χ3v) is 4.44. The van der Waals surface area contributed by atoms with E-state index >= 15 is 0 Å². The van der Waals surface area contributed by atoms with Crippen LogP contribution in [0.25, 0.3) is 0 Å². The summed E-state index contributed by atoms with van der Waals surface area (Å²) in [6, 6.07) is 3.85. The van der Waals surface area contributed by atoms with E-state index in [-0.39, 0.29) is 18.8 Å². The van der Waals surface area contributed by atoms with E-state index in [0.29, 0.717) is 0 Å². The van der Waals surface area contributed by atoms with Crippen molar-refractivity contribution < 1.29 is 12.8 Å². The van der Waals surface area contributed by atoms with Crippen molar-refractivity contribution in [2.45, 2.75) is 18.7 Å². The lowest BCUT2D eigenvalue weighted by molar-refractivity contribution is 0.440. The van der Waals surface area contributed by atoms with Crippen LogP contribution < -0.4 is 5.73 Å². The van der Waals surface area contributed by atoms with Crippen LogP contribution in [0.3, 0.4) is 0 Å². The van der Waals surface area contributed by atoms with Crippen molar-refractivity contribution in [3.05, 3.63) is 24.0 Å². The fourth-order valence-corrected chi connectivity index (χ4v) is 3.11. The van der Waals surface area contributed by atoms with Gasteiger partial charge in [-0.3, -0.25) is 0 Å². The Labute approximate surface area is 94.9 Å². The van der Waals surface area contributed by atoms with E-state index in [0.717, 1.165) is 6.07 Å². The van der Waals surface area contributed by atoms with E-state index < -0.39 is 20.7 Å². The van der Waals surface area contributed by atoms with E-state index in [1.54, 1.807) is 13.8 Å². The molecule has 4 nitrogen and oxygen atoms in total. The summed E-state index contributed by atoms with van der Waals surface area (Å²) >= 11 is 0. The number of rotatable bonds is 4. The molecule has 0 fully saturated rings. The van der Waals surface area contributed by atoms with Gasteiger partial charge in [-0.05, 0) is 12.1 Å².